The van der Waals surface area contributed by atoms with E-state index in [0.29, 0.717) is 32.4 Å². The molecule has 19 heteroatoms. The molecule has 4 aromatic heterocycles. The van der Waals surface area contributed by atoms with Crippen LogP contribution in [0.4, 0.5) is 11.9 Å². The lowest BCUT2D eigenvalue weighted by atomic mass is 10.2. The summed E-state index contributed by atoms with van der Waals surface area (Å²) in [4.78, 5) is 26.2. The van der Waals surface area contributed by atoms with Crippen LogP contribution >= 0.6 is 22.6 Å². The van der Waals surface area contributed by atoms with Gasteiger partial charge in [0.2, 0.25) is 17.8 Å². The summed E-state index contributed by atoms with van der Waals surface area (Å²) in [6.07, 6.45) is -2.01. The first kappa shape index (κ1) is 28.3. The van der Waals surface area contributed by atoms with Crippen molar-refractivity contribution in [2.45, 2.75) is 49.7 Å². The number of ether oxygens (including phenoxy) is 3. The Morgan fingerprint density at radius 1 is 1.05 bits per heavy atom. The predicted molar refractivity (Wildman–Crippen MR) is 145 cm³/mol. The van der Waals surface area contributed by atoms with E-state index in [0.717, 1.165) is 0 Å². The van der Waals surface area contributed by atoms with Gasteiger partial charge in [-0.05, 0) is 22.6 Å². The summed E-state index contributed by atoms with van der Waals surface area (Å²) in [5.41, 5.74) is 11.6. The molecule has 0 saturated carbocycles. The number of halogens is 1. The minimum atomic E-state index is -0.784. The van der Waals surface area contributed by atoms with Crippen LogP contribution in [0.2, 0.25) is 0 Å². The lowest BCUT2D eigenvalue weighted by Crippen LogP contribution is -2.24. The first-order valence-electron chi connectivity index (χ1n) is 12.0. The second kappa shape index (κ2) is 11.3. The Hall–Kier alpha value is -3.21. The third-order valence-electron chi connectivity index (χ3n) is 6.48. The average Bonchev–Trinajstić information content (AvgIpc) is 3.68. The average molecular weight is 674 g/mol. The highest BCUT2D eigenvalue weighted by Gasteiger charge is 2.37. The molecule has 0 bridgehead atoms. The largest absolute Gasteiger partial charge is 0.480 e. The molecule has 0 spiro atoms. The number of nitrogens with zero attached hydrogens (tertiary/aromatic N) is 7. The Morgan fingerprint density at radius 2 is 1.68 bits per heavy atom. The number of aliphatic hydroxyl groups excluding tert-OH is 4. The van der Waals surface area contributed by atoms with Crippen LogP contribution in [0.3, 0.4) is 0 Å². The Labute approximate surface area is 238 Å². The Balaban J connectivity index is 0.000000162. The molecule has 0 amide bonds. The fraction of sp³-hybridized carbons (Fsp3) is 0.524. The molecule has 6 unspecified atom stereocenters. The SMILES string of the molecule is COc1nc(N)nc2c1c(I)nn2C1CC(O)C(CO)O1.Nc1nc2c(cnn2C2CC(O)C(CO)O2)c(=O)[nH]1. The van der Waals surface area contributed by atoms with Crippen LogP contribution in [0.25, 0.3) is 22.1 Å². The number of methoxy groups -OCH3 is 1. The molecule has 6 atom stereocenters. The number of hydrogen-bond acceptors (Lipinski definition) is 15. The number of hydrogen-bond donors (Lipinski definition) is 7. The molecule has 216 valence electrons. The van der Waals surface area contributed by atoms with Crippen molar-refractivity contribution < 1.29 is 34.6 Å². The first-order valence-corrected chi connectivity index (χ1v) is 13.1. The molecule has 18 nitrogen and oxygen atoms in total. The first-order chi connectivity index (χ1) is 19.1. The molecule has 9 N–H and O–H groups in total. The van der Waals surface area contributed by atoms with Crippen LogP contribution in [0.1, 0.15) is 25.3 Å². The number of nitrogens with two attached hydrogens (primary N) is 2. The van der Waals surface area contributed by atoms with E-state index >= 15 is 0 Å². The zero-order valence-corrected chi connectivity index (χ0v) is 23.1. The normalized spacial score (nSPS) is 26.4. The standard InChI is InChI=1S/C11H14IN5O4.C10H13N5O4/c1-20-10-7-8(12)16-17(9(7)14-11(13)15-10)6-2-4(19)5(3-18)21-6;11-10-13-8-4(9(18)14-10)2-12-15(8)7-1-5(17)6(3-16)19-7/h4-6,18-19H,2-3H2,1H3,(H2,13,14,15);2,5-7,16-17H,1,3H2,(H3,11,13,14,18). The molecular formula is C21H27IN10O8. The van der Waals surface area contributed by atoms with Crippen LogP contribution in [-0.4, -0.2) is 105 Å². The van der Waals surface area contributed by atoms with Crippen LogP contribution in [0.15, 0.2) is 11.0 Å². The summed E-state index contributed by atoms with van der Waals surface area (Å²) >= 11 is 2.05. The van der Waals surface area contributed by atoms with Crippen LogP contribution in [0.5, 0.6) is 5.88 Å². The third kappa shape index (κ3) is 5.15. The second-order valence-corrected chi connectivity index (χ2v) is 10.1. The lowest BCUT2D eigenvalue weighted by molar-refractivity contribution is -0.0471. The molecule has 0 aromatic carbocycles. The van der Waals surface area contributed by atoms with E-state index in [1.807, 2.05) is 22.6 Å². The second-order valence-electron chi connectivity index (χ2n) is 9.03. The Morgan fingerprint density at radius 3 is 2.25 bits per heavy atom. The molecule has 2 saturated heterocycles. The Kier molecular flexibility index (Phi) is 8.03. The van der Waals surface area contributed by atoms with Gasteiger partial charge in [0, 0.05) is 12.8 Å². The highest BCUT2D eigenvalue weighted by molar-refractivity contribution is 14.1. The van der Waals surface area contributed by atoms with Gasteiger partial charge in [0.05, 0.1) is 38.7 Å². The van der Waals surface area contributed by atoms with Gasteiger partial charge in [-0.25, -0.2) is 9.36 Å². The van der Waals surface area contributed by atoms with Gasteiger partial charge in [0.1, 0.15) is 26.7 Å². The van der Waals surface area contributed by atoms with Crippen LogP contribution in [0, 0.1) is 3.70 Å². The van der Waals surface area contributed by atoms with E-state index in [1.165, 1.54) is 22.7 Å². The van der Waals surface area contributed by atoms with Crippen molar-refractivity contribution in [3.05, 3.63) is 20.3 Å². The quantitative estimate of drug-likeness (QED) is 0.113. The minimum Gasteiger partial charge on any atom is -0.480 e. The van der Waals surface area contributed by atoms with Crippen molar-refractivity contribution in [1.82, 2.24) is 39.5 Å². The number of rotatable bonds is 5. The summed E-state index contributed by atoms with van der Waals surface area (Å²) in [5.74, 6) is 0.385. The molecule has 40 heavy (non-hydrogen) atoms. The molecule has 2 aliphatic heterocycles. The van der Waals surface area contributed by atoms with Crippen molar-refractivity contribution in [2.24, 2.45) is 0 Å². The molecule has 6 heterocycles. The number of aromatic amines is 1. The fourth-order valence-electron chi connectivity index (χ4n) is 4.55. The summed E-state index contributed by atoms with van der Waals surface area (Å²) in [7, 11) is 1.49. The van der Waals surface area contributed by atoms with Gasteiger partial charge in [-0.1, -0.05) is 0 Å². The third-order valence-corrected chi connectivity index (χ3v) is 7.24. The molecule has 0 aliphatic carbocycles. The number of nitrogen functional groups attached to an aromatic ring is 2. The fourth-order valence-corrected chi connectivity index (χ4v) is 5.26. The van der Waals surface area contributed by atoms with Crippen molar-refractivity contribution in [3.63, 3.8) is 0 Å². The van der Waals surface area contributed by atoms with Crippen molar-refractivity contribution in [2.75, 3.05) is 31.8 Å². The monoisotopic (exact) mass is 674 g/mol. The lowest BCUT2D eigenvalue weighted by Gasteiger charge is -2.13. The molecule has 4 aromatic rings. The highest BCUT2D eigenvalue weighted by Crippen LogP contribution is 2.34. The van der Waals surface area contributed by atoms with E-state index < -0.39 is 36.9 Å². The van der Waals surface area contributed by atoms with Crippen LogP contribution in [-0.2, 0) is 9.47 Å². The maximum absolute atomic E-state index is 11.7. The minimum absolute atomic E-state index is 0.0171. The zero-order valence-electron chi connectivity index (χ0n) is 21.0. The molecule has 0 radical (unpaired) electrons. The van der Waals surface area contributed by atoms with E-state index in [-0.39, 0.29) is 42.7 Å². The van der Waals surface area contributed by atoms with Crippen molar-refractivity contribution in [1.29, 1.82) is 0 Å². The zero-order chi connectivity index (χ0) is 28.7. The molecule has 2 fully saturated rings. The summed E-state index contributed by atoms with van der Waals surface area (Å²) in [6.45, 7) is -0.540. The summed E-state index contributed by atoms with van der Waals surface area (Å²) < 4.78 is 19.8. The highest BCUT2D eigenvalue weighted by atomic mass is 127. The molecular weight excluding hydrogens is 647 g/mol. The van der Waals surface area contributed by atoms with E-state index in [4.69, 9.17) is 35.9 Å². The van der Waals surface area contributed by atoms with Crippen molar-refractivity contribution >= 4 is 56.6 Å². The van der Waals surface area contributed by atoms with Gasteiger partial charge < -0.3 is 46.1 Å². The maximum Gasteiger partial charge on any atom is 0.263 e. The van der Waals surface area contributed by atoms with E-state index in [1.54, 1.807) is 0 Å². The topological polar surface area (TPSA) is 268 Å². The van der Waals surface area contributed by atoms with E-state index in [2.05, 4.69) is 30.1 Å². The summed E-state index contributed by atoms with van der Waals surface area (Å²) in [6, 6.07) is 0. The van der Waals surface area contributed by atoms with Gasteiger partial charge in [0.25, 0.3) is 5.56 Å². The number of aromatic nitrogens is 8. The summed E-state index contributed by atoms with van der Waals surface area (Å²) in [5, 5.41) is 47.1. The predicted octanol–water partition coefficient (Wildman–Crippen LogP) is -2.00. The molecule has 6 rings (SSSR count). The van der Waals surface area contributed by atoms with E-state index in [9.17, 15) is 15.0 Å². The number of anilines is 2. The van der Waals surface area contributed by atoms with Gasteiger partial charge in [-0.2, -0.15) is 25.1 Å². The van der Waals surface area contributed by atoms with Gasteiger partial charge in [0.15, 0.2) is 23.8 Å². The maximum atomic E-state index is 11.7. The Bertz CT molecular complexity index is 1580. The van der Waals surface area contributed by atoms with Gasteiger partial charge in [-0.3, -0.25) is 9.78 Å². The van der Waals surface area contributed by atoms with Gasteiger partial charge >= 0.3 is 0 Å². The number of aliphatic hydroxyl groups is 4. The smallest absolute Gasteiger partial charge is 0.263 e. The molecule has 2 aliphatic rings. The number of nitrogens with one attached hydrogen (secondary N) is 1. The van der Waals surface area contributed by atoms with Crippen LogP contribution < -0.4 is 21.8 Å². The number of fused-ring (bicyclic) bond motifs is 2. The van der Waals surface area contributed by atoms with Crippen molar-refractivity contribution in [3.8, 4) is 5.88 Å². The van der Waals surface area contributed by atoms with Gasteiger partial charge in [-0.15, -0.1) is 0 Å². The number of H-pyrrole nitrogens is 1.